The van der Waals surface area contributed by atoms with Gasteiger partial charge in [-0.15, -0.1) is 12.4 Å². The number of aryl methyl sites for hydroxylation is 1. The number of carbonyl (C=O) groups is 2. The number of halogens is 1. The first-order valence-corrected chi connectivity index (χ1v) is 8.45. The molecule has 1 unspecified atom stereocenters. The predicted molar refractivity (Wildman–Crippen MR) is 98.0 cm³/mol. The first-order valence-electron chi connectivity index (χ1n) is 8.45. The Morgan fingerprint density at radius 2 is 1.96 bits per heavy atom. The molecule has 0 aliphatic carbocycles. The number of rotatable bonds is 6. The van der Waals surface area contributed by atoms with Gasteiger partial charge >= 0.3 is 0 Å². The molecule has 0 saturated carbocycles. The molecule has 1 aliphatic heterocycles. The van der Waals surface area contributed by atoms with Crippen LogP contribution in [-0.4, -0.2) is 36.3 Å². The van der Waals surface area contributed by atoms with E-state index in [1.807, 2.05) is 36.1 Å². The Morgan fingerprint density at radius 1 is 1.25 bits per heavy atom. The SMILES string of the molecule is Cc1ccc(C(N)C(=O)NCCCN2CCCCCC2=O)cc1.Cl. The van der Waals surface area contributed by atoms with Crippen LogP contribution in [0.15, 0.2) is 24.3 Å². The number of nitrogens with zero attached hydrogens (tertiary/aromatic N) is 1. The Morgan fingerprint density at radius 3 is 2.67 bits per heavy atom. The number of hydrogen-bond acceptors (Lipinski definition) is 3. The van der Waals surface area contributed by atoms with Gasteiger partial charge in [0.25, 0.3) is 0 Å². The van der Waals surface area contributed by atoms with Crippen LogP contribution in [0.4, 0.5) is 0 Å². The maximum absolute atomic E-state index is 12.1. The first-order chi connectivity index (χ1) is 11.1. The zero-order chi connectivity index (χ0) is 16.7. The van der Waals surface area contributed by atoms with Crippen molar-refractivity contribution in [1.82, 2.24) is 10.2 Å². The average molecular weight is 354 g/mol. The summed E-state index contributed by atoms with van der Waals surface area (Å²) in [7, 11) is 0. The molecule has 24 heavy (non-hydrogen) atoms. The Hall–Kier alpha value is -1.59. The van der Waals surface area contributed by atoms with Gasteiger partial charge in [-0.25, -0.2) is 0 Å². The maximum Gasteiger partial charge on any atom is 0.241 e. The number of benzene rings is 1. The second kappa shape index (κ2) is 10.3. The van der Waals surface area contributed by atoms with E-state index in [2.05, 4.69) is 5.32 Å². The van der Waals surface area contributed by atoms with E-state index < -0.39 is 6.04 Å². The van der Waals surface area contributed by atoms with E-state index in [-0.39, 0.29) is 24.2 Å². The third kappa shape index (κ3) is 6.13. The van der Waals surface area contributed by atoms with E-state index >= 15 is 0 Å². The molecule has 6 heteroatoms. The molecule has 1 atom stereocenters. The normalized spacial score (nSPS) is 16.1. The molecule has 3 N–H and O–H groups in total. The molecule has 1 aliphatic rings. The van der Waals surface area contributed by atoms with Gasteiger partial charge in [0.2, 0.25) is 11.8 Å². The van der Waals surface area contributed by atoms with Crippen molar-refractivity contribution in [3.05, 3.63) is 35.4 Å². The lowest BCUT2D eigenvalue weighted by Crippen LogP contribution is -2.37. The van der Waals surface area contributed by atoms with Gasteiger partial charge in [-0.3, -0.25) is 9.59 Å². The van der Waals surface area contributed by atoms with Crippen LogP contribution >= 0.6 is 12.4 Å². The third-order valence-electron chi connectivity index (χ3n) is 4.29. The molecule has 1 heterocycles. The van der Waals surface area contributed by atoms with Gasteiger partial charge in [-0.2, -0.15) is 0 Å². The lowest BCUT2D eigenvalue weighted by molar-refractivity contribution is -0.130. The highest BCUT2D eigenvalue weighted by molar-refractivity contribution is 5.85. The van der Waals surface area contributed by atoms with E-state index in [1.54, 1.807) is 0 Å². The van der Waals surface area contributed by atoms with E-state index in [0.29, 0.717) is 19.5 Å². The molecule has 134 valence electrons. The lowest BCUT2D eigenvalue weighted by atomic mass is 10.1. The van der Waals surface area contributed by atoms with E-state index in [9.17, 15) is 9.59 Å². The van der Waals surface area contributed by atoms with Crippen LogP contribution in [0.25, 0.3) is 0 Å². The van der Waals surface area contributed by atoms with Crippen LogP contribution in [0.1, 0.15) is 49.3 Å². The Kier molecular flexibility index (Phi) is 8.79. The molecule has 2 amide bonds. The van der Waals surface area contributed by atoms with Crippen molar-refractivity contribution in [2.24, 2.45) is 5.73 Å². The van der Waals surface area contributed by atoms with Crippen molar-refractivity contribution in [3.63, 3.8) is 0 Å². The van der Waals surface area contributed by atoms with E-state index in [1.165, 1.54) is 0 Å². The molecule has 0 aromatic heterocycles. The summed E-state index contributed by atoms with van der Waals surface area (Å²) in [5.74, 6) is 0.0706. The highest BCUT2D eigenvalue weighted by atomic mass is 35.5. The van der Waals surface area contributed by atoms with Gasteiger partial charge in [-0.05, 0) is 31.7 Å². The second-order valence-corrected chi connectivity index (χ2v) is 6.22. The Balaban J connectivity index is 0.00000288. The third-order valence-corrected chi connectivity index (χ3v) is 4.29. The van der Waals surface area contributed by atoms with Crippen LogP contribution in [-0.2, 0) is 9.59 Å². The van der Waals surface area contributed by atoms with Gasteiger partial charge < -0.3 is 16.0 Å². The monoisotopic (exact) mass is 353 g/mol. The molecule has 0 radical (unpaired) electrons. The molecular formula is C18H28ClN3O2. The van der Waals surface area contributed by atoms with Crippen molar-refractivity contribution in [3.8, 4) is 0 Å². The summed E-state index contributed by atoms with van der Waals surface area (Å²) in [6.45, 7) is 4.09. The maximum atomic E-state index is 12.1. The van der Waals surface area contributed by atoms with Crippen LogP contribution in [0.2, 0.25) is 0 Å². The Bertz CT molecular complexity index is 534. The number of nitrogens with one attached hydrogen (secondary N) is 1. The van der Waals surface area contributed by atoms with Gasteiger partial charge in [0, 0.05) is 26.1 Å². The highest BCUT2D eigenvalue weighted by Crippen LogP contribution is 2.12. The van der Waals surface area contributed by atoms with Crippen molar-refractivity contribution in [2.75, 3.05) is 19.6 Å². The number of hydrogen-bond donors (Lipinski definition) is 2. The summed E-state index contributed by atoms with van der Waals surface area (Å²) in [5, 5.41) is 2.86. The number of likely N-dealkylation sites (tertiary alicyclic amines) is 1. The topological polar surface area (TPSA) is 75.4 Å². The van der Waals surface area contributed by atoms with Crippen molar-refractivity contribution < 1.29 is 9.59 Å². The summed E-state index contributed by atoms with van der Waals surface area (Å²) in [6, 6.07) is 7.03. The number of amides is 2. The molecule has 2 rings (SSSR count). The summed E-state index contributed by atoms with van der Waals surface area (Å²) < 4.78 is 0. The molecule has 1 saturated heterocycles. The zero-order valence-electron chi connectivity index (χ0n) is 14.3. The van der Waals surface area contributed by atoms with Crippen LogP contribution in [0.5, 0.6) is 0 Å². The molecule has 5 nitrogen and oxygen atoms in total. The molecular weight excluding hydrogens is 326 g/mol. The van der Waals surface area contributed by atoms with Crippen LogP contribution in [0, 0.1) is 6.92 Å². The molecule has 1 aromatic carbocycles. The van der Waals surface area contributed by atoms with Gasteiger partial charge in [0.05, 0.1) is 0 Å². The highest BCUT2D eigenvalue weighted by Gasteiger charge is 2.17. The first kappa shape index (κ1) is 20.5. The predicted octanol–water partition coefficient (Wildman–Crippen LogP) is 2.33. The van der Waals surface area contributed by atoms with Crippen molar-refractivity contribution in [1.29, 1.82) is 0 Å². The fourth-order valence-electron chi connectivity index (χ4n) is 2.79. The summed E-state index contributed by atoms with van der Waals surface area (Å²) in [6.07, 6.45) is 4.63. The van der Waals surface area contributed by atoms with E-state index in [4.69, 9.17) is 5.73 Å². The van der Waals surface area contributed by atoms with Crippen LogP contribution < -0.4 is 11.1 Å². The largest absolute Gasteiger partial charge is 0.354 e. The summed E-state index contributed by atoms with van der Waals surface area (Å²) in [5.41, 5.74) is 7.94. The fraction of sp³-hybridized carbons (Fsp3) is 0.556. The molecule has 0 bridgehead atoms. The van der Waals surface area contributed by atoms with Crippen molar-refractivity contribution in [2.45, 2.75) is 45.1 Å². The lowest BCUT2D eigenvalue weighted by Gasteiger charge is -2.20. The summed E-state index contributed by atoms with van der Waals surface area (Å²) in [4.78, 5) is 25.9. The van der Waals surface area contributed by atoms with Gasteiger partial charge in [0.1, 0.15) is 6.04 Å². The molecule has 0 spiro atoms. The molecule has 1 aromatic rings. The molecule has 1 fully saturated rings. The van der Waals surface area contributed by atoms with Crippen LogP contribution in [0.3, 0.4) is 0 Å². The van der Waals surface area contributed by atoms with E-state index in [0.717, 1.165) is 43.4 Å². The van der Waals surface area contributed by atoms with Crippen molar-refractivity contribution >= 4 is 24.2 Å². The zero-order valence-corrected chi connectivity index (χ0v) is 15.1. The Labute approximate surface area is 150 Å². The number of nitrogens with two attached hydrogens (primary N) is 1. The van der Waals surface area contributed by atoms with Gasteiger partial charge in [-0.1, -0.05) is 36.2 Å². The smallest absolute Gasteiger partial charge is 0.241 e. The fourth-order valence-corrected chi connectivity index (χ4v) is 2.79. The average Bonchev–Trinajstić information content (AvgIpc) is 2.76. The minimum Gasteiger partial charge on any atom is -0.354 e. The minimum absolute atomic E-state index is 0. The quantitative estimate of drug-likeness (QED) is 0.771. The summed E-state index contributed by atoms with van der Waals surface area (Å²) >= 11 is 0. The second-order valence-electron chi connectivity index (χ2n) is 6.22. The number of carbonyl (C=O) groups excluding carboxylic acids is 2. The minimum atomic E-state index is -0.643. The standard InChI is InChI=1S/C18H27N3O2.ClH/c1-14-7-9-15(10-8-14)17(19)18(23)20-11-5-13-21-12-4-2-3-6-16(21)22;/h7-10,17H,2-6,11-13,19H2,1H3,(H,20,23);1H. The van der Waals surface area contributed by atoms with Gasteiger partial charge in [0.15, 0.2) is 0 Å².